The second-order valence-electron chi connectivity index (χ2n) is 3.33. The van der Waals surface area contributed by atoms with Gasteiger partial charge in [0.05, 0.1) is 24.8 Å². The molecule has 1 rings (SSSR count). The molecule has 0 radical (unpaired) electrons. The van der Waals surface area contributed by atoms with Crippen LogP contribution in [-0.4, -0.2) is 34.9 Å². The van der Waals surface area contributed by atoms with Crippen LogP contribution >= 0.6 is 0 Å². The second kappa shape index (κ2) is 5.63. The number of nitrogens with zero attached hydrogens (tertiary/aromatic N) is 4. The van der Waals surface area contributed by atoms with Crippen molar-refractivity contribution in [2.45, 2.75) is 25.6 Å². The molecule has 0 bridgehead atoms. The van der Waals surface area contributed by atoms with E-state index in [0.717, 1.165) is 4.68 Å². The molecule has 0 unspecified atom stereocenters. The molecule has 0 aromatic carbocycles. The van der Waals surface area contributed by atoms with Crippen molar-refractivity contribution in [1.29, 1.82) is 5.26 Å². The van der Waals surface area contributed by atoms with E-state index in [1.54, 1.807) is 0 Å². The lowest BCUT2D eigenvalue weighted by Gasteiger charge is -2.09. The number of rotatable bonds is 5. The van der Waals surface area contributed by atoms with Crippen molar-refractivity contribution < 1.29 is 17.9 Å². The van der Waals surface area contributed by atoms with E-state index >= 15 is 0 Å². The first-order valence-electron chi connectivity index (χ1n) is 4.82. The van der Waals surface area contributed by atoms with E-state index < -0.39 is 12.7 Å². The molecule has 17 heavy (non-hydrogen) atoms. The molecule has 5 nitrogen and oxygen atoms in total. The molecule has 8 heteroatoms. The molecule has 1 aromatic rings. The molecule has 1 aromatic heterocycles. The van der Waals surface area contributed by atoms with Gasteiger partial charge in [-0.15, -0.1) is 5.10 Å². The van der Waals surface area contributed by atoms with Crippen molar-refractivity contribution in [1.82, 2.24) is 15.0 Å². The van der Waals surface area contributed by atoms with Crippen LogP contribution < -0.4 is 0 Å². The van der Waals surface area contributed by atoms with Crippen molar-refractivity contribution in [3.63, 3.8) is 0 Å². The predicted molar refractivity (Wildman–Crippen MR) is 51.0 cm³/mol. The number of methoxy groups -OCH3 is 1. The highest BCUT2D eigenvalue weighted by atomic mass is 19.4. The Hall–Kier alpha value is -1.62. The third-order valence-electron chi connectivity index (χ3n) is 2.04. The summed E-state index contributed by atoms with van der Waals surface area (Å²) in [7, 11) is 1.45. The molecular weight excluding hydrogens is 237 g/mol. The van der Waals surface area contributed by atoms with Gasteiger partial charge in [-0.25, -0.2) is 4.68 Å². The van der Waals surface area contributed by atoms with Gasteiger partial charge in [-0.3, -0.25) is 0 Å². The molecule has 0 spiro atoms. The number of ether oxygens (including phenoxy) is 1. The lowest BCUT2D eigenvalue weighted by molar-refractivity contribution is -0.143. The van der Waals surface area contributed by atoms with Gasteiger partial charge in [-0.1, -0.05) is 5.21 Å². The van der Waals surface area contributed by atoms with E-state index in [9.17, 15) is 13.2 Å². The highest BCUT2D eigenvalue weighted by Gasteiger charge is 2.30. The quantitative estimate of drug-likeness (QED) is 0.782. The van der Waals surface area contributed by atoms with Gasteiger partial charge in [0, 0.05) is 13.5 Å². The molecule has 0 fully saturated rings. The lowest BCUT2D eigenvalue weighted by Crippen LogP contribution is -2.21. The molecule has 0 aliphatic carbocycles. The minimum atomic E-state index is -4.36. The smallest absolute Gasteiger partial charge is 0.384 e. The van der Waals surface area contributed by atoms with Gasteiger partial charge in [0.25, 0.3) is 0 Å². The first kappa shape index (κ1) is 13.4. The number of hydrogen-bond acceptors (Lipinski definition) is 4. The van der Waals surface area contributed by atoms with E-state index in [1.807, 2.05) is 6.07 Å². The Labute approximate surface area is 95.8 Å². The SMILES string of the molecule is COCCc1c(CC#N)nnn1CC(F)(F)F. The zero-order valence-corrected chi connectivity index (χ0v) is 9.16. The maximum Gasteiger partial charge on any atom is 0.408 e. The van der Waals surface area contributed by atoms with Crippen molar-refractivity contribution in [3.05, 3.63) is 11.4 Å². The van der Waals surface area contributed by atoms with Gasteiger partial charge < -0.3 is 4.74 Å². The minimum absolute atomic E-state index is 0.0586. The van der Waals surface area contributed by atoms with Gasteiger partial charge >= 0.3 is 6.18 Å². The number of hydrogen-bond donors (Lipinski definition) is 0. The molecule has 0 aliphatic heterocycles. The summed E-state index contributed by atoms with van der Waals surface area (Å²) in [6.45, 7) is -0.950. The van der Waals surface area contributed by atoms with Crippen LogP contribution in [0.4, 0.5) is 13.2 Å². The maximum absolute atomic E-state index is 12.3. The Bertz CT molecular complexity index is 407. The first-order chi connectivity index (χ1) is 7.98. The third-order valence-corrected chi connectivity index (χ3v) is 2.04. The van der Waals surface area contributed by atoms with E-state index in [2.05, 4.69) is 10.3 Å². The van der Waals surface area contributed by atoms with Crippen molar-refractivity contribution in [2.75, 3.05) is 13.7 Å². The molecule has 0 atom stereocenters. The fourth-order valence-electron chi connectivity index (χ4n) is 1.35. The molecule has 0 saturated heterocycles. The predicted octanol–water partition coefficient (Wildman–Crippen LogP) is 1.10. The maximum atomic E-state index is 12.3. The summed E-state index contributed by atoms with van der Waals surface area (Å²) in [6, 6.07) is 1.84. The van der Waals surface area contributed by atoms with E-state index in [1.165, 1.54) is 7.11 Å². The van der Waals surface area contributed by atoms with Gasteiger partial charge in [-0.2, -0.15) is 18.4 Å². The number of alkyl halides is 3. The second-order valence-corrected chi connectivity index (χ2v) is 3.33. The Morgan fingerprint density at radius 1 is 1.47 bits per heavy atom. The van der Waals surface area contributed by atoms with Crippen molar-refractivity contribution in [3.8, 4) is 6.07 Å². The van der Waals surface area contributed by atoms with Crippen LogP contribution in [0.15, 0.2) is 0 Å². The summed E-state index contributed by atoms with van der Waals surface area (Å²) >= 11 is 0. The summed E-state index contributed by atoms with van der Waals surface area (Å²) in [5.41, 5.74) is 0.569. The van der Waals surface area contributed by atoms with Crippen LogP contribution in [0.25, 0.3) is 0 Å². The minimum Gasteiger partial charge on any atom is -0.384 e. The van der Waals surface area contributed by atoms with Crippen LogP contribution in [0.1, 0.15) is 11.4 Å². The molecule has 94 valence electrons. The molecular formula is C9H11F3N4O. The summed E-state index contributed by atoms with van der Waals surface area (Å²) in [4.78, 5) is 0. The Morgan fingerprint density at radius 2 is 2.18 bits per heavy atom. The fraction of sp³-hybridized carbons (Fsp3) is 0.667. The van der Waals surface area contributed by atoms with Crippen molar-refractivity contribution >= 4 is 0 Å². The Balaban J connectivity index is 2.92. The largest absolute Gasteiger partial charge is 0.408 e. The van der Waals surface area contributed by atoms with Crippen LogP contribution in [0, 0.1) is 11.3 Å². The van der Waals surface area contributed by atoms with Crippen LogP contribution in [0.2, 0.25) is 0 Å². The number of halogens is 3. The average Bonchev–Trinajstić information content (AvgIpc) is 2.56. The Kier molecular flexibility index (Phi) is 4.45. The normalized spacial score (nSPS) is 11.5. The highest BCUT2D eigenvalue weighted by molar-refractivity contribution is 5.14. The third kappa shape index (κ3) is 4.03. The van der Waals surface area contributed by atoms with Crippen LogP contribution in [0.5, 0.6) is 0 Å². The van der Waals surface area contributed by atoms with Crippen LogP contribution in [-0.2, 0) is 24.1 Å². The number of aromatic nitrogens is 3. The first-order valence-corrected chi connectivity index (χ1v) is 4.82. The zero-order valence-electron chi connectivity index (χ0n) is 9.16. The zero-order chi connectivity index (χ0) is 12.9. The van der Waals surface area contributed by atoms with Gasteiger partial charge in [0.15, 0.2) is 0 Å². The summed E-state index contributed by atoms with van der Waals surface area (Å²) < 4.78 is 42.3. The van der Waals surface area contributed by atoms with Gasteiger partial charge in [-0.05, 0) is 0 Å². The Morgan fingerprint density at radius 3 is 2.71 bits per heavy atom. The van der Waals surface area contributed by atoms with E-state index in [0.29, 0.717) is 5.69 Å². The van der Waals surface area contributed by atoms with E-state index in [-0.39, 0.29) is 25.1 Å². The highest BCUT2D eigenvalue weighted by Crippen LogP contribution is 2.19. The molecule has 0 N–H and O–H groups in total. The standard InChI is InChI=1S/C9H11F3N4O/c1-17-5-3-8-7(2-4-13)14-15-16(8)6-9(10,11)12/h2-3,5-6H2,1H3. The van der Waals surface area contributed by atoms with Gasteiger partial charge in [0.2, 0.25) is 0 Å². The van der Waals surface area contributed by atoms with Crippen LogP contribution in [0.3, 0.4) is 0 Å². The molecule has 0 aliphatic rings. The topological polar surface area (TPSA) is 63.7 Å². The van der Waals surface area contributed by atoms with Gasteiger partial charge in [0.1, 0.15) is 12.2 Å². The fourth-order valence-corrected chi connectivity index (χ4v) is 1.35. The molecule has 0 saturated carbocycles. The summed E-state index contributed by atoms with van der Waals surface area (Å²) in [6.07, 6.45) is -4.17. The lowest BCUT2D eigenvalue weighted by atomic mass is 10.2. The monoisotopic (exact) mass is 248 g/mol. The number of nitriles is 1. The molecule has 0 amide bonds. The van der Waals surface area contributed by atoms with E-state index in [4.69, 9.17) is 10.00 Å². The summed E-state index contributed by atoms with van der Waals surface area (Å²) in [5, 5.41) is 15.5. The average molecular weight is 248 g/mol. The summed E-state index contributed by atoms with van der Waals surface area (Å²) in [5.74, 6) is 0. The molecule has 1 heterocycles. The van der Waals surface area contributed by atoms with Crippen molar-refractivity contribution in [2.24, 2.45) is 0 Å².